The van der Waals surface area contributed by atoms with Crippen LogP contribution < -0.4 is 5.32 Å². The number of halogens is 3. The van der Waals surface area contributed by atoms with Crippen LogP contribution in [0.1, 0.15) is 23.9 Å². The first-order valence-electron chi connectivity index (χ1n) is 8.35. The molecule has 0 aliphatic heterocycles. The number of nitrogens with zero attached hydrogens (tertiary/aromatic N) is 2. The molecule has 10 heteroatoms. The zero-order valence-corrected chi connectivity index (χ0v) is 15.6. The summed E-state index contributed by atoms with van der Waals surface area (Å²) in [6.45, 7) is 0. The molecule has 0 saturated carbocycles. The summed E-state index contributed by atoms with van der Waals surface area (Å²) in [6.07, 6.45) is -2.14. The molecule has 0 bridgehead atoms. The Balaban J connectivity index is 1.97. The smallest absolute Gasteiger partial charge is 0.370 e. The predicted molar refractivity (Wildman–Crippen MR) is 104 cm³/mol. The number of imidazole rings is 1. The Labute approximate surface area is 162 Å². The van der Waals surface area contributed by atoms with E-state index in [1.807, 2.05) is 30.5 Å². The van der Waals surface area contributed by atoms with Crippen molar-refractivity contribution in [2.24, 2.45) is 0 Å². The summed E-state index contributed by atoms with van der Waals surface area (Å²) in [5.74, 6) is 1.31. The lowest BCUT2D eigenvalue weighted by atomic mass is 10.1. The molecule has 3 rings (SSSR count). The van der Waals surface area contributed by atoms with E-state index in [1.165, 1.54) is 0 Å². The number of anilines is 1. The quantitative estimate of drug-likeness (QED) is 0.403. The number of H-pyrrole nitrogens is 1. The number of fused-ring (bicyclic) bond motifs is 1. The summed E-state index contributed by atoms with van der Waals surface area (Å²) in [4.78, 5) is 18.2. The molecule has 2 aromatic carbocycles. The largest absolute Gasteiger partial charge is 0.416 e. The molecule has 2 N–H and O–H groups in total. The van der Waals surface area contributed by atoms with Gasteiger partial charge in [-0.15, -0.1) is 0 Å². The molecular formula is C18H17F3N4O2S. The Morgan fingerprint density at radius 3 is 2.68 bits per heavy atom. The Hall–Kier alpha value is -2.75. The molecule has 0 spiro atoms. The Morgan fingerprint density at radius 2 is 2.04 bits per heavy atom. The number of nitro benzene ring substituents is 1. The van der Waals surface area contributed by atoms with Crippen LogP contribution in [0, 0.1) is 10.1 Å². The number of benzene rings is 2. The van der Waals surface area contributed by atoms with Crippen LogP contribution in [0.25, 0.3) is 11.0 Å². The van der Waals surface area contributed by atoms with Crippen molar-refractivity contribution < 1.29 is 18.1 Å². The molecular weight excluding hydrogens is 393 g/mol. The first-order valence-corrected chi connectivity index (χ1v) is 9.74. The van der Waals surface area contributed by atoms with Crippen LogP contribution in [0.5, 0.6) is 0 Å². The normalized spacial score (nSPS) is 12.9. The summed E-state index contributed by atoms with van der Waals surface area (Å²) >= 11 is 1.59. The summed E-state index contributed by atoms with van der Waals surface area (Å²) in [7, 11) is 0. The number of nitro groups is 1. The lowest BCUT2D eigenvalue weighted by molar-refractivity contribution is -0.384. The van der Waals surface area contributed by atoms with Crippen LogP contribution in [-0.2, 0) is 6.18 Å². The van der Waals surface area contributed by atoms with E-state index in [9.17, 15) is 23.3 Å². The van der Waals surface area contributed by atoms with E-state index in [0.717, 1.165) is 28.9 Å². The molecule has 1 atom stereocenters. The molecule has 1 heterocycles. The van der Waals surface area contributed by atoms with Gasteiger partial charge in [0, 0.05) is 6.07 Å². The second kappa shape index (κ2) is 8.09. The minimum atomic E-state index is -4.65. The maximum atomic E-state index is 12.9. The van der Waals surface area contributed by atoms with Gasteiger partial charge >= 0.3 is 6.18 Å². The average molecular weight is 410 g/mol. The third-order valence-corrected chi connectivity index (χ3v) is 4.84. The maximum absolute atomic E-state index is 12.9. The van der Waals surface area contributed by atoms with Crippen molar-refractivity contribution in [2.45, 2.75) is 18.6 Å². The molecule has 1 aromatic heterocycles. The van der Waals surface area contributed by atoms with Crippen LogP contribution in [0.2, 0.25) is 0 Å². The van der Waals surface area contributed by atoms with Crippen LogP contribution >= 0.6 is 11.8 Å². The van der Waals surface area contributed by atoms with Gasteiger partial charge in [-0.25, -0.2) is 4.98 Å². The van der Waals surface area contributed by atoms with Crippen molar-refractivity contribution in [3.05, 3.63) is 64.0 Å². The van der Waals surface area contributed by atoms with Gasteiger partial charge in [-0.2, -0.15) is 24.9 Å². The molecule has 0 saturated heterocycles. The predicted octanol–water partition coefficient (Wildman–Crippen LogP) is 5.40. The van der Waals surface area contributed by atoms with Crippen molar-refractivity contribution in [3.63, 3.8) is 0 Å². The third-order valence-electron chi connectivity index (χ3n) is 4.20. The van der Waals surface area contributed by atoms with Gasteiger partial charge in [0.1, 0.15) is 11.5 Å². The number of hydrogen-bond donors (Lipinski definition) is 2. The number of hydrogen-bond acceptors (Lipinski definition) is 5. The van der Waals surface area contributed by atoms with Crippen molar-refractivity contribution in [3.8, 4) is 0 Å². The second-order valence-electron chi connectivity index (χ2n) is 6.10. The average Bonchev–Trinajstić information content (AvgIpc) is 3.08. The van der Waals surface area contributed by atoms with Gasteiger partial charge in [0.25, 0.3) is 5.69 Å². The molecule has 0 radical (unpaired) electrons. The lowest BCUT2D eigenvalue weighted by Gasteiger charge is -2.18. The van der Waals surface area contributed by atoms with Crippen LogP contribution in [-0.4, -0.2) is 26.9 Å². The van der Waals surface area contributed by atoms with Gasteiger partial charge in [0.15, 0.2) is 0 Å². The Bertz CT molecular complexity index is 957. The van der Waals surface area contributed by atoms with Crippen LogP contribution in [0.15, 0.2) is 42.5 Å². The summed E-state index contributed by atoms with van der Waals surface area (Å²) < 4.78 is 38.7. The number of aromatic nitrogens is 2. The number of alkyl halides is 3. The summed E-state index contributed by atoms with van der Waals surface area (Å²) in [6, 6.07) is 9.45. The van der Waals surface area contributed by atoms with Crippen molar-refractivity contribution >= 4 is 34.2 Å². The molecule has 0 amide bonds. The van der Waals surface area contributed by atoms with Crippen LogP contribution in [0.3, 0.4) is 0 Å². The molecule has 28 heavy (non-hydrogen) atoms. The van der Waals surface area contributed by atoms with Gasteiger partial charge < -0.3 is 10.3 Å². The highest BCUT2D eigenvalue weighted by Gasteiger charge is 2.33. The fourth-order valence-corrected chi connectivity index (χ4v) is 3.29. The van der Waals surface area contributed by atoms with E-state index in [-0.39, 0.29) is 5.69 Å². The monoisotopic (exact) mass is 410 g/mol. The summed E-state index contributed by atoms with van der Waals surface area (Å²) in [5.41, 5.74) is -0.107. The molecule has 0 unspecified atom stereocenters. The third kappa shape index (κ3) is 4.38. The molecule has 0 aliphatic carbocycles. The Morgan fingerprint density at radius 1 is 1.29 bits per heavy atom. The fourth-order valence-electron chi connectivity index (χ4n) is 2.82. The summed E-state index contributed by atoms with van der Waals surface area (Å²) in [5, 5.41) is 14.3. The number of rotatable bonds is 7. The van der Waals surface area contributed by atoms with E-state index in [1.54, 1.807) is 11.8 Å². The first-order chi connectivity index (χ1) is 13.3. The Kier molecular flexibility index (Phi) is 5.78. The number of nitrogens with one attached hydrogen (secondary N) is 2. The van der Waals surface area contributed by atoms with E-state index in [2.05, 4.69) is 15.3 Å². The van der Waals surface area contributed by atoms with Gasteiger partial charge in [0.2, 0.25) is 0 Å². The molecule has 3 aromatic rings. The van der Waals surface area contributed by atoms with Crippen molar-refractivity contribution in [2.75, 3.05) is 17.3 Å². The van der Waals surface area contributed by atoms with E-state index >= 15 is 0 Å². The highest BCUT2D eigenvalue weighted by atomic mass is 32.2. The van der Waals surface area contributed by atoms with Crippen molar-refractivity contribution in [1.29, 1.82) is 0 Å². The van der Waals surface area contributed by atoms with Gasteiger partial charge in [0.05, 0.1) is 27.6 Å². The van der Waals surface area contributed by atoms with E-state index < -0.39 is 28.4 Å². The SMILES string of the molecule is CSCC[C@H](Nc1ccc(C(F)(F)F)cc1[N+](=O)[O-])c1nc2ccccc2[nH]1. The number of aromatic amines is 1. The van der Waals surface area contributed by atoms with Crippen LogP contribution in [0.4, 0.5) is 24.5 Å². The van der Waals surface area contributed by atoms with Crippen molar-refractivity contribution in [1.82, 2.24) is 9.97 Å². The fraction of sp³-hybridized carbons (Fsp3) is 0.278. The van der Waals surface area contributed by atoms with Gasteiger partial charge in [-0.3, -0.25) is 10.1 Å². The zero-order valence-electron chi connectivity index (χ0n) is 14.8. The van der Waals surface area contributed by atoms with E-state index in [4.69, 9.17) is 0 Å². The first kappa shape index (κ1) is 20.0. The highest BCUT2D eigenvalue weighted by Crippen LogP contribution is 2.36. The molecule has 148 valence electrons. The molecule has 0 aliphatic rings. The van der Waals surface area contributed by atoms with Gasteiger partial charge in [-0.1, -0.05) is 12.1 Å². The van der Waals surface area contributed by atoms with Gasteiger partial charge in [-0.05, 0) is 42.7 Å². The second-order valence-corrected chi connectivity index (χ2v) is 7.09. The number of para-hydroxylation sites is 2. The highest BCUT2D eigenvalue weighted by molar-refractivity contribution is 7.98. The molecule has 0 fully saturated rings. The minimum absolute atomic E-state index is 0.0181. The van der Waals surface area contributed by atoms with E-state index in [0.29, 0.717) is 18.3 Å². The number of thioether (sulfide) groups is 1. The minimum Gasteiger partial charge on any atom is -0.370 e. The zero-order chi connectivity index (χ0) is 20.3. The maximum Gasteiger partial charge on any atom is 0.416 e. The topological polar surface area (TPSA) is 83.8 Å². The lowest BCUT2D eigenvalue weighted by Crippen LogP contribution is -2.15. The standard InChI is InChI=1S/C18H17F3N4O2S/c1-28-9-8-15(17-23-12-4-2-3-5-13(12)24-17)22-14-7-6-11(18(19,20)21)10-16(14)25(26)27/h2-7,10,15,22H,8-9H2,1H3,(H,23,24)/t15-/m0/s1. The molecule has 6 nitrogen and oxygen atoms in total.